The monoisotopic (exact) mass is 508 g/mol. The predicted octanol–water partition coefficient (Wildman–Crippen LogP) is 2.43. The second-order valence-corrected chi connectivity index (χ2v) is 3.62. The van der Waals surface area contributed by atoms with E-state index in [1.54, 1.807) is 24.5 Å². The molecule has 0 saturated carbocycles. The summed E-state index contributed by atoms with van der Waals surface area (Å²) in [7, 11) is 0. The van der Waals surface area contributed by atoms with Gasteiger partial charge in [0.05, 0.1) is 17.5 Å². The Hall–Kier alpha value is -2.80. The normalized spacial score (nSPS) is 6.76. The second-order valence-electron chi connectivity index (χ2n) is 3.62. The standard InChI is InChI=1S/C13H12N2.C2H3N.3CO.Re/c1-3-11-5-7-15-13(9-11)12-8-10(2)4-6-14-12;1-2-3;3*1-2;/h3-9H,1H2,2H3;1H3;;;;. The summed E-state index contributed by atoms with van der Waals surface area (Å²) in [6.45, 7) is 20.7. The van der Waals surface area contributed by atoms with Gasteiger partial charge >= 0.3 is 0 Å². The van der Waals surface area contributed by atoms with Gasteiger partial charge in [0.25, 0.3) is 20.4 Å². The van der Waals surface area contributed by atoms with E-state index in [1.807, 2.05) is 31.2 Å². The first-order chi connectivity index (χ1) is 11.7. The molecule has 2 rings (SSSR count). The van der Waals surface area contributed by atoms with Gasteiger partial charge < -0.3 is 0 Å². The third kappa shape index (κ3) is 14.5. The van der Waals surface area contributed by atoms with E-state index in [1.165, 1.54) is 12.5 Å². The van der Waals surface area contributed by atoms with E-state index < -0.39 is 0 Å². The van der Waals surface area contributed by atoms with Crippen LogP contribution in [0.15, 0.2) is 43.2 Å². The van der Waals surface area contributed by atoms with Crippen molar-refractivity contribution in [1.29, 1.82) is 5.26 Å². The number of aromatic nitrogens is 2. The number of nitrogens with zero attached hydrogens (tertiary/aromatic N) is 3. The van der Waals surface area contributed by atoms with Gasteiger partial charge in [-0.2, -0.15) is 5.26 Å². The van der Waals surface area contributed by atoms with E-state index in [4.69, 9.17) is 19.6 Å². The van der Waals surface area contributed by atoms with Crippen LogP contribution >= 0.6 is 0 Å². The fraction of sp³-hybridized carbons (Fsp3) is 0.111. The van der Waals surface area contributed by atoms with Gasteiger partial charge in [0.15, 0.2) is 0 Å². The van der Waals surface area contributed by atoms with Crippen molar-refractivity contribution in [3.8, 4) is 17.5 Å². The molecule has 0 aromatic carbocycles. The van der Waals surface area contributed by atoms with Crippen molar-refractivity contribution in [3.63, 3.8) is 0 Å². The number of hydrogen-bond acceptors (Lipinski definition) is 6. The molecule has 25 heavy (non-hydrogen) atoms. The Morgan fingerprint density at radius 2 is 1.40 bits per heavy atom. The summed E-state index contributed by atoms with van der Waals surface area (Å²) in [5, 5.41) is 7.32. The van der Waals surface area contributed by atoms with Crippen LogP contribution < -0.4 is 0 Å². The molecule has 0 spiro atoms. The molecule has 0 aliphatic heterocycles. The maximum Gasteiger partial charge on any atom is 0.281 e. The van der Waals surface area contributed by atoms with Crippen molar-refractivity contribution in [2.45, 2.75) is 13.8 Å². The van der Waals surface area contributed by atoms with Crippen LogP contribution in [0.25, 0.3) is 17.5 Å². The van der Waals surface area contributed by atoms with E-state index in [2.05, 4.69) is 36.9 Å². The van der Waals surface area contributed by atoms with Crippen molar-refractivity contribution in [1.82, 2.24) is 9.97 Å². The van der Waals surface area contributed by atoms with Crippen molar-refractivity contribution in [2.24, 2.45) is 0 Å². The maximum absolute atomic E-state index is 7.50. The zero-order valence-electron chi connectivity index (χ0n) is 13.7. The second kappa shape index (κ2) is 23.5. The molecule has 0 atom stereocenters. The Morgan fingerprint density at radius 1 is 1.00 bits per heavy atom. The average Bonchev–Trinajstić information content (AvgIpc) is 2.67. The molecule has 0 unspecified atom stereocenters. The van der Waals surface area contributed by atoms with E-state index in [9.17, 15) is 0 Å². The van der Waals surface area contributed by atoms with Crippen molar-refractivity contribution in [2.75, 3.05) is 0 Å². The van der Waals surface area contributed by atoms with Crippen LogP contribution in [-0.4, -0.2) is 30.3 Å². The van der Waals surface area contributed by atoms with Gasteiger partial charge in [0, 0.05) is 39.7 Å². The van der Waals surface area contributed by atoms with Crippen LogP contribution in [0.5, 0.6) is 0 Å². The predicted molar refractivity (Wildman–Crippen MR) is 90.7 cm³/mol. The topological polar surface area (TPSA) is 101 Å². The number of rotatable bonds is 2. The van der Waals surface area contributed by atoms with Crippen LogP contribution in [0.4, 0.5) is 0 Å². The summed E-state index contributed by atoms with van der Waals surface area (Å²) < 4.78 is 0. The van der Waals surface area contributed by atoms with E-state index >= 15 is 0 Å². The van der Waals surface area contributed by atoms with Gasteiger partial charge in [-0.1, -0.05) is 12.7 Å². The molecule has 127 valence electrons. The molecular formula is C18H15N3O3Re. The van der Waals surface area contributed by atoms with Gasteiger partial charge in [0.2, 0.25) is 0 Å². The minimum absolute atomic E-state index is 0. The van der Waals surface area contributed by atoms with Gasteiger partial charge in [-0.05, 0) is 42.3 Å². The third-order valence-electron chi connectivity index (χ3n) is 2.20. The van der Waals surface area contributed by atoms with Gasteiger partial charge in [-0.15, -0.1) is 0 Å². The quantitative estimate of drug-likeness (QED) is 0.619. The first-order valence-corrected chi connectivity index (χ1v) is 6.15. The van der Waals surface area contributed by atoms with Gasteiger partial charge in [-0.25, -0.2) is 0 Å². The summed E-state index contributed by atoms with van der Waals surface area (Å²) in [5.41, 5.74) is 4.03. The van der Waals surface area contributed by atoms with Crippen LogP contribution in [0.2, 0.25) is 0 Å². The summed E-state index contributed by atoms with van der Waals surface area (Å²) in [5.74, 6) is 0. The van der Waals surface area contributed by atoms with Crippen LogP contribution in [0.1, 0.15) is 18.1 Å². The Balaban J connectivity index is -0.000000191. The zero-order chi connectivity index (χ0) is 19.4. The molecule has 0 fully saturated rings. The van der Waals surface area contributed by atoms with Crippen molar-refractivity contribution < 1.29 is 34.8 Å². The smallest absolute Gasteiger partial charge is 0.281 e. The number of aryl methyl sites for hydroxylation is 1. The largest absolute Gasteiger partial charge is 0.281 e. The molecule has 0 aliphatic rings. The molecule has 0 aliphatic carbocycles. The van der Waals surface area contributed by atoms with E-state index in [-0.39, 0.29) is 20.4 Å². The Bertz CT molecular complexity index is 626. The van der Waals surface area contributed by atoms with Crippen molar-refractivity contribution in [3.05, 3.63) is 54.4 Å². The SMILES string of the molecule is C=Cc1ccnc(-c2cc(C)ccn2)c1.CC#N.[C]=O.[C]=O.[C]=O.[Re]. The van der Waals surface area contributed by atoms with Crippen LogP contribution in [-0.2, 0) is 34.8 Å². The molecule has 6 nitrogen and oxygen atoms in total. The molecule has 0 amide bonds. The maximum atomic E-state index is 7.50. The van der Waals surface area contributed by atoms with Crippen molar-refractivity contribution >= 4 is 26.4 Å². The van der Waals surface area contributed by atoms with E-state index in [0.29, 0.717) is 0 Å². The molecular weight excluding hydrogens is 492 g/mol. The number of nitriles is 1. The molecule has 2 heterocycles. The third-order valence-corrected chi connectivity index (χ3v) is 2.20. The fourth-order valence-corrected chi connectivity index (χ4v) is 1.39. The number of carbonyl (C=O) groups excluding carboxylic acids is 3. The molecule has 7 radical (unpaired) electrons. The first-order valence-electron chi connectivity index (χ1n) is 6.15. The molecule has 0 N–H and O–H groups in total. The van der Waals surface area contributed by atoms with Gasteiger partial charge in [-0.3, -0.25) is 24.4 Å². The van der Waals surface area contributed by atoms with Crippen LogP contribution in [0, 0.1) is 18.3 Å². The molecule has 2 aromatic heterocycles. The Labute approximate surface area is 162 Å². The van der Waals surface area contributed by atoms with Crippen LogP contribution in [0.3, 0.4) is 0 Å². The first kappa shape index (κ1) is 30.1. The molecule has 7 heteroatoms. The molecule has 0 saturated heterocycles. The molecule has 0 bridgehead atoms. The fourth-order valence-electron chi connectivity index (χ4n) is 1.39. The average molecular weight is 508 g/mol. The van der Waals surface area contributed by atoms with Gasteiger partial charge in [0.1, 0.15) is 0 Å². The number of hydrogen-bond donors (Lipinski definition) is 0. The minimum Gasteiger partial charge on any atom is -0.281 e. The Morgan fingerprint density at radius 3 is 1.80 bits per heavy atom. The summed E-state index contributed by atoms with van der Waals surface area (Å²) in [4.78, 5) is 31.1. The number of pyridine rings is 2. The summed E-state index contributed by atoms with van der Waals surface area (Å²) in [6, 6.07) is 9.65. The summed E-state index contributed by atoms with van der Waals surface area (Å²) >= 11 is 0. The Kier molecular flexibility index (Phi) is 28.3. The minimum atomic E-state index is 0. The molecule has 2 aromatic rings. The zero-order valence-corrected chi connectivity index (χ0v) is 16.4. The van der Waals surface area contributed by atoms with E-state index in [0.717, 1.165) is 17.0 Å². The summed E-state index contributed by atoms with van der Waals surface area (Å²) in [6.07, 6.45) is 5.38.